The van der Waals surface area contributed by atoms with Gasteiger partial charge >= 0.3 is 0 Å². The maximum Gasteiger partial charge on any atom is 0.133 e. The first-order valence-corrected chi connectivity index (χ1v) is 12.7. The summed E-state index contributed by atoms with van der Waals surface area (Å²) in [5, 5.41) is 0. The highest BCUT2D eigenvalue weighted by Crippen LogP contribution is 2.36. The Labute approximate surface area is 204 Å². The quantitative estimate of drug-likeness (QED) is 0.289. The molecule has 0 radical (unpaired) electrons. The fraction of sp³-hybridized carbons (Fsp3) is 0.344. The molecule has 0 N–H and O–H groups in total. The predicted molar refractivity (Wildman–Crippen MR) is 142 cm³/mol. The van der Waals surface area contributed by atoms with Crippen LogP contribution in [-0.2, 0) is 4.79 Å². The van der Waals surface area contributed by atoms with Gasteiger partial charge in [0.2, 0.25) is 0 Å². The second kappa shape index (κ2) is 12.4. The Balaban J connectivity index is 1.63. The van der Waals surface area contributed by atoms with Crippen molar-refractivity contribution in [2.75, 3.05) is 7.11 Å². The van der Waals surface area contributed by atoms with Gasteiger partial charge < -0.3 is 4.74 Å². The molecule has 1 aliphatic rings. The summed E-state index contributed by atoms with van der Waals surface area (Å²) in [7, 11) is 1.70. The zero-order chi connectivity index (χ0) is 23.6. The van der Waals surface area contributed by atoms with E-state index < -0.39 is 0 Å². The van der Waals surface area contributed by atoms with E-state index in [9.17, 15) is 4.79 Å². The van der Waals surface area contributed by atoms with Crippen molar-refractivity contribution in [3.63, 3.8) is 0 Å². The standard InChI is InChI=1S/C32H36O2/c1-34-30-22-20-28(21-23-30)32(27-16-9-4-10-17-27)31(26-14-7-3-8-15-26)19-11-18-29(33)24-25-12-5-2-6-13-25/h3-4,7-10,14-17,20-23,25H,2,5-6,11-13,18-19,24H2,1H3/b32-31-. The van der Waals surface area contributed by atoms with Crippen LogP contribution in [0.5, 0.6) is 5.75 Å². The van der Waals surface area contributed by atoms with Crippen LogP contribution in [0.25, 0.3) is 11.1 Å². The summed E-state index contributed by atoms with van der Waals surface area (Å²) in [5.41, 5.74) is 6.10. The first kappa shape index (κ1) is 24.0. The van der Waals surface area contributed by atoms with E-state index in [1.165, 1.54) is 59.9 Å². The Hall–Kier alpha value is -3.13. The summed E-state index contributed by atoms with van der Waals surface area (Å²) < 4.78 is 5.40. The van der Waals surface area contributed by atoms with Crippen LogP contribution in [0.3, 0.4) is 0 Å². The molecule has 1 aliphatic carbocycles. The first-order chi connectivity index (χ1) is 16.7. The van der Waals surface area contributed by atoms with Crippen LogP contribution in [-0.4, -0.2) is 12.9 Å². The van der Waals surface area contributed by atoms with Crippen LogP contribution in [0.4, 0.5) is 0 Å². The molecule has 3 aromatic rings. The number of rotatable bonds is 10. The third-order valence-corrected chi connectivity index (χ3v) is 6.99. The summed E-state index contributed by atoms with van der Waals surface area (Å²) >= 11 is 0. The lowest BCUT2D eigenvalue weighted by Gasteiger charge is -2.21. The Bertz CT molecular complexity index is 1060. The molecule has 0 bridgehead atoms. The smallest absolute Gasteiger partial charge is 0.133 e. The maximum absolute atomic E-state index is 12.8. The summed E-state index contributed by atoms with van der Waals surface area (Å²) in [5.74, 6) is 1.90. The average molecular weight is 453 g/mol. The van der Waals surface area contributed by atoms with Gasteiger partial charge in [0, 0.05) is 12.8 Å². The van der Waals surface area contributed by atoms with Crippen molar-refractivity contribution >= 4 is 16.9 Å². The molecule has 4 rings (SSSR count). The predicted octanol–water partition coefficient (Wildman–Crippen LogP) is 8.36. The van der Waals surface area contributed by atoms with Gasteiger partial charge in [-0.05, 0) is 58.7 Å². The molecule has 0 heterocycles. The summed E-state index contributed by atoms with van der Waals surface area (Å²) in [6, 6.07) is 29.5. The van der Waals surface area contributed by atoms with Crippen LogP contribution in [0.1, 0.15) is 74.5 Å². The highest BCUT2D eigenvalue weighted by molar-refractivity contribution is 5.98. The number of hydrogen-bond acceptors (Lipinski definition) is 2. The molecule has 0 aromatic heterocycles. The Morgan fingerprint density at radius 2 is 1.32 bits per heavy atom. The van der Waals surface area contributed by atoms with Gasteiger partial charge in [-0.3, -0.25) is 4.79 Å². The lowest BCUT2D eigenvalue weighted by molar-refractivity contribution is -0.120. The number of benzene rings is 3. The van der Waals surface area contributed by atoms with Crippen molar-refractivity contribution in [1.29, 1.82) is 0 Å². The number of Topliss-reactive ketones (excluding diaryl/α,β-unsaturated/α-hetero) is 1. The van der Waals surface area contributed by atoms with Crippen molar-refractivity contribution < 1.29 is 9.53 Å². The number of methoxy groups -OCH3 is 1. The Morgan fingerprint density at radius 1 is 0.735 bits per heavy atom. The molecule has 1 fully saturated rings. The average Bonchev–Trinajstić information content (AvgIpc) is 2.90. The molecule has 2 nitrogen and oxygen atoms in total. The van der Waals surface area contributed by atoms with Crippen LogP contribution >= 0.6 is 0 Å². The van der Waals surface area contributed by atoms with E-state index >= 15 is 0 Å². The fourth-order valence-electron chi connectivity index (χ4n) is 5.21. The van der Waals surface area contributed by atoms with E-state index in [0.29, 0.717) is 18.1 Å². The van der Waals surface area contributed by atoms with Gasteiger partial charge in [0.15, 0.2) is 0 Å². The third kappa shape index (κ3) is 6.47. The lowest BCUT2D eigenvalue weighted by atomic mass is 9.84. The number of ether oxygens (including phenoxy) is 1. The molecular formula is C32H36O2. The molecule has 2 heteroatoms. The zero-order valence-electron chi connectivity index (χ0n) is 20.3. The van der Waals surface area contributed by atoms with Crippen molar-refractivity contribution in [2.24, 2.45) is 5.92 Å². The van der Waals surface area contributed by atoms with Gasteiger partial charge in [-0.1, -0.05) is 105 Å². The van der Waals surface area contributed by atoms with Crippen LogP contribution in [0, 0.1) is 5.92 Å². The van der Waals surface area contributed by atoms with Crippen molar-refractivity contribution in [2.45, 2.75) is 57.8 Å². The summed E-state index contributed by atoms with van der Waals surface area (Å²) in [6.07, 6.45) is 9.57. The van der Waals surface area contributed by atoms with Crippen molar-refractivity contribution in [3.05, 3.63) is 102 Å². The number of hydrogen-bond donors (Lipinski definition) is 0. The van der Waals surface area contributed by atoms with E-state index in [0.717, 1.165) is 25.0 Å². The molecule has 0 spiro atoms. The molecular weight excluding hydrogens is 416 g/mol. The molecule has 0 aliphatic heterocycles. The lowest BCUT2D eigenvalue weighted by Crippen LogP contribution is -2.12. The van der Waals surface area contributed by atoms with Gasteiger partial charge in [-0.2, -0.15) is 0 Å². The van der Waals surface area contributed by atoms with Crippen LogP contribution in [0.15, 0.2) is 84.9 Å². The molecule has 0 saturated heterocycles. The number of allylic oxidation sites excluding steroid dienone is 1. The number of carbonyl (C=O) groups is 1. The van der Waals surface area contributed by atoms with Gasteiger partial charge in [0.25, 0.3) is 0 Å². The summed E-state index contributed by atoms with van der Waals surface area (Å²) in [6.45, 7) is 0. The van der Waals surface area contributed by atoms with E-state index in [1.807, 2.05) is 12.1 Å². The maximum atomic E-state index is 12.8. The van der Waals surface area contributed by atoms with Gasteiger partial charge in [0.05, 0.1) is 7.11 Å². The third-order valence-electron chi connectivity index (χ3n) is 6.99. The normalized spacial score (nSPS) is 15.0. The van der Waals surface area contributed by atoms with Crippen LogP contribution < -0.4 is 4.74 Å². The van der Waals surface area contributed by atoms with E-state index in [4.69, 9.17) is 4.74 Å². The summed E-state index contributed by atoms with van der Waals surface area (Å²) in [4.78, 5) is 12.8. The molecule has 0 atom stereocenters. The van der Waals surface area contributed by atoms with Crippen molar-refractivity contribution in [1.82, 2.24) is 0 Å². The fourth-order valence-corrected chi connectivity index (χ4v) is 5.21. The van der Waals surface area contributed by atoms with Crippen molar-refractivity contribution in [3.8, 4) is 5.75 Å². The van der Waals surface area contributed by atoms with E-state index in [2.05, 4.69) is 72.8 Å². The van der Waals surface area contributed by atoms with E-state index in [-0.39, 0.29) is 0 Å². The zero-order valence-corrected chi connectivity index (χ0v) is 20.3. The highest BCUT2D eigenvalue weighted by Gasteiger charge is 2.18. The Morgan fingerprint density at radius 3 is 1.94 bits per heavy atom. The SMILES string of the molecule is COc1ccc(/C(=C(/CCCC(=O)CC2CCCCC2)c2ccccc2)c2ccccc2)cc1. The molecule has 3 aromatic carbocycles. The molecule has 34 heavy (non-hydrogen) atoms. The van der Waals surface area contributed by atoms with Gasteiger partial charge in [-0.15, -0.1) is 0 Å². The number of carbonyl (C=O) groups excluding carboxylic acids is 1. The van der Waals surface area contributed by atoms with Gasteiger partial charge in [0.1, 0.15) is 11.5 Å². The minimum Gasteiger partial charge on any atom is -0.497 e. The molecule has 0 unspecified atom stereocenters. The Kier molecular flexibility index (Phi) is 8.73. The van der Waals surface area contributed by atoms with E-state index in [1.54, 1.807) is 7.11 Å². The molecule has 0 amide bonds. The topological polar surface area (TPSA) is 26.3 Å². The van der Waals surface area contributed by atoms with Gasteiger partial charge in [-0.25, -0.2) is 0 Å². The largest absolute Gasteiger partial charge is 0.497 e. The minimum atomic E-state index is 0.435. The molecule has 176 valence electrons. The second-order valence-corrected chi connectivity index (χ2v) is 9.41. The second-order valence-electron chi connectivity index (χ2n) is 9.41. The number of ketones is 1. The first-order valence-electron chi connectivity index (χ1n) is 12.7. The molecule has 1 saturated carbocycles. The monoisotopic (exact) mass is 452 g/mol. The minimum absolute atomic E-state index is 0.435. The highest BCUT2D eigenvalue weighted by atomic mass is 16.5. The van der Waals surface area contributed by atoms with Crippen LogP contribution in [0.2, 0.25) is 0 Å².